The summed E-state index contributed by atoms with van der Waals surface area (Å²) in [6.45, 7) is 3.41. The molecule has 0 spiro atoms. The number of hydrogen-bond acceptors (Lipinski definition) is 3. The van der Waals surface area contributed by atoms with Crippen LogP contribution < -0.4 is 9.62 Å². The lowest BCUT2D eigenvalue weighted by Gasteiger charge is -2.22. The molecule has 0 aliphatic carbocycles. The van der Waals surface area contributed by atoms with E-state index in [1.165, 1.54) is 16.4 Å². The Labute approximate surface area is 157 Å². The van der Waals surface area contributed by atoms with Crippen LogP contribution in [0.4, 0.5) is 14.5 Å². The first-order valence-corrected chi connectivity index (χ1v) is 10.3. The van der Waals surface area contributed by atoms with E-state index >= 15 is 0 Å². The molecule has 27 heavy (non-hydrogen) atoms. The number of halogens is 2. The SMILES string of the molecule is C[C@H](NC(=O)c1ccc2c(c1)C[C@@H](C)N2S(C)(=O)=O)c1ccc(F)cc1F. The second-order valence-corrected chi connectivity index (χ2v) is 8.68. The fourth-order valence-electron chi connectivity index (χ4n) is 3.46. The standard InChI is InChI=1S/C19H20F2N2O3S/c1-11-8-14-9-13(4-7-18(14)23(11)27(3,25)26)19(24)22-12(2)16-6-5-15(20)10-17(16)21/h4-7,9-12H,8H2,1-3H3,(H,22,24)/t11-,12+/m1/s1. The summed E-state index contributed by atoms with van der Waals surface area (Å²) in [7, 11) is -3.40. The van der Waals surface area contributed by atoms with E-state index < -0.39 is 33.6 Å². The summed E-state index contributed by atoms with van der Waals surface area (Å²) >= 11 is 0. The summed E-state index contributed by atoms with van der Waals surface area (Å²) in [6.07, 6.45) is 1.66. The minimum absolute atomic E-state index is 0.183. The fraction of sp³-hybridized carbons (Fsp3) is 0.316. The second-order valence-electron chi connectivity index (χ2n) is 6.82. The normalized spacial score (nSPS) is 17.5. The third kappa shape index (κ3) is 3.80. The molecule has 2 aromatic carbocycles. The Bertz CT molecular complexity index is 1010. The van der Waals surface area contributed by atoms with E-state index in [0.29, 0.717) is 17.7 Å². The summed E-state index contributed by atoms with van der Waals surface area (Å²) in [5.74, 6) is -1.83. The van der Waals surface area contributed by atoms with Crippen molar-refractivity contribution in [1.82, 2.24) is 5.32 Å². The first-order chi connectivity index (χ1) is 12.6. The molecule has 144 valence electrons. The molecule has 0 bridgehead atoms. The predicted molar refractivity (Wildman–Crippen MR) is 99.2 cm³/mol. The van der Waals surface area contributed by atoms with Gasteiger partial charge in [0.2, 0.25) is 10.0 Å². The zero-order chi connectivity index (χ0) is 19.9. The van der Waals surface area contributed by atoms with Crippen molar-refractivity contribution in [3.63, 3.8) is 0 Å². The van der Waals surface area contributed by atoms with Crippen molar-refractivity contribution in [1.29, 1.82) is 0 Å². The van der Waals surface area contributed by atoms with Crippen molar-refractivity contribution in [2.24, 2.45) is 0 Å². The highest BCUT2D eigenvalue weighted by molar-refractivity contribution is 7.92. The highest BCUT2D eigenvalue weighted by Gasteiger charge is 2.32. The van der Waals surface area contributed by atoms with Crippen molar-refractivity contribution in [3.05, 3.63) is 64.7 Å². The Kier molecular flexibility index (Phi) is 4.94. The first kappa shape index (κ1) is 19.3. The molecule has 2 atom stereocenters. The Morgan fingerprint density at radius 2 is 1.93 bits per heavy atom. The zero-order valence-corrected chi connectivity index (χ0v) is 16.0. The predicted octanol–water partition coefficient (Wildman–Crippen LogP) is 3.17. The summed E-state index contributed by atoms with van der Waals surface area (Å²) in [5, 5.41) is 2.68. The summed E-state index contributed by atoms with van der Waals surface area (Å²) in [4.78, 5) is 12.5. The lowest BCUT2D eigenvalue weighted by atomic mass is 10.0. The van der Waals surface area contributed by atoms with E-state index in [1.54, 1.807) is 26.0 Å². The Balaban J connectivity index is 1.82. The van der Waals surface area contributed by atoms with Gasteiger partial charge in [0.15, 0.2) is 0 Å². The van der Waals surface area contributed by atoms with Crippen LogP contribution in [0.15, 0.2) is 36.4 Å². The minimum Gasteiger partial charge on any atom is -0.345 e. The number of fused-ring (bicyclic) bond motifs is 1. The van der Waals surface area contributed by atoms with Crippen molar-refractivity contribution in [3.8, 4) is 0 Å². The number of amides is 1. The Morgan fingerprint density at radius 1 is 1.22 bits per heavy atom. The zero-order valence-electron chi connectivity index (χ0n) is 15.2. The van der Waals surface area contributed by atoms with Crippen LogP contribution in [0.25, 0.3) is 0 Å². The molecule has 1 amide bonds. The van der Waals surface area contributed by atoms with Crippen LogP contribution in [0.5, 0.6) is 0 Å². The molecule has 1 N–H and O–H groups in total. The van der Waals surface area contributed by atoms with Gasteiger partial charge in [0.05, 0.1) is 18.0 Å². The average Bonchev–Trinajstić information content (AvgIpc) is 2.89. The molecule has 8 heteroatoms. The third-order valence-corrected chi connectivity index (χ3v) is 5.90. The third-order valence-electron chi connectivity index (χ3n) is 4.63. The molecule has 2 aromatic rings. The number of hydrogen-bond donors (Lipinski definition) is 1. The number of nitrogens with zero attached hydrogens (tertiary/aromatic N) is 1. The molecule has 0 radical (unpaired) electrons. The molecule has 1 aliphatic heterocycles. The Morgan fingerprint density at radius 3 is 2.56 bits per heavy atom. The molecule has 0 unspecified atom stereocenters. The average molecular weight is 394 g/mol. The smallest absolute Gasteiger partial charge is 0.251 e. The lowest BCUT2D eigenvalue weighted by molar-refractivity contribution is 0.0939. The number of anilines is 1. The number of nitrogens with one attached hydrogen (secondary N) is 1. The molecule has 0 saturated carbocycles. The maximum Gasteiger partial charge on any atom is 0.251 e. The van der Waals surface area contributed by atoms with Gasteiger partial charge in [0.25, 0.3) is 5.91 Å². The van der Waals surface area contributed by atoms with Gasteiger partial charge >= 0.3 is 0 Å². The second kappa shape index (κ2) is 6.92. The van der Waals surface area contributed by atoms with Crippen LogP contribution in [0.1, 0.15) is 41.4 Å². The topological polar surface area (TPSA) is 66.5 Å². The van der Waals surface area contributed by atoms with E-state index in [9.17, 15) is 22.0 Å². The first-order valence-electron chi connectivity index (χ1n) is 8.46. The molecule has 3 rings (SSSR count). The van der Waals surface area contributed by atoms with Crippen LogP contribution in [0.3, 0.4) is 0 Å². The highest BCUT2D eigenvalue weighted by atomic mass is 32.2. The van der Waals surface area contributed by atoms with E-state index in [-0.39, 0.29) is 11.6 Å². The van der Waals surface area contributed by atoms with Crippen molar-refractivity contribution < 1.29 is 22.0 Å². The van der Waals surface area contributed by atoms with Crippen molar-refractivity contribution in [2.75, 3.05) is 10.6 Å². The van der Waals surface area contributed by atoms with Gasteiger partial charge in [-0.3, -0.25) is 9.10 Å². The molecule has 5 nitrogen and oxygen atoms in total. The summed E-state index contributed by atoms with van der Waals surface area (Å²) < 4.78 is 52.2. The van der Waals surface area contributed by atoms with Gasteiger partial charge in [-0.05, 0) is 50.1 Å². The molecule has 0 saturated heterocycles. The van der Waals surface area contributed by atoms with Crippen LogP contribution in [-0.2, 0) is 16.4 Å². The van der Waals surface area contributed by atoms with E-state index in [0.717, 1.165) is 24.0 Å². The number of sulfonamides is 1. The lowest BCUT2D eigenvalue weighted by Crippen LogP contribution is -2.34. The van der Waals surface area contributed by atoms with Gasteiger partial charge in [-0.15, -0.1) is 0 Å². The van der Waals surface area contributed by atoms with Gasteiger partial charge in [-0.1, -0.05) is 6.07 Å². The van der Waals surface area contributed by atoms with Gasteiger partial charge in [-0.2, -0.15) is 0 Å². The number of rotatable bonds is 4. The van der Waals surface area contributed by atoms with Gasteiger partial charge < -0.3 is 5.32 Å². The molecule has 1 aliphatic rings. The maximum atomic E-state index is 13.9. The van der Waals surface area contributed by atoms with E-state index in [1.807, 2.05) is 0 Å². The Hall–Kier alpha value is -2.48. The van der Waals surface area contributed by atoms with Gasteiger partial charge in [-0.25, -0.2) is 17.2 Å². The number of carbonyl (C=O) groups is 1. The largest absolute Gasteiger partial charge is 0.345 e. The molecule has 0 fully saturated rings. The van der Waals surface area contributed by atoms with E-state index in [2.05, 4.69) is 5.32 Å². The molecule has 1 heterocycles. The monoisotopic (exact) mass is 394 g/mol. The van der Waals surface area contributed by atoms with Crippen molar-refractivity contribution in [2.45, 2.75) is 32.4 Å². The molecular formula is C19H20F2N2O3S. The van der Waals surface area contributed by atoms with Crippen LogP contribution in [0.2, 0.25) is 0 Å². The summed E-state index contributed by atoms with van der Waals surface area (Å²) in [6, 6.07) is 7.13. The van der Waals surface area contributed by atoms with Crippen LogP contribution >= 0.6 is 0 Å². The molecular weight excluding hydrogens is 374 g/mol. The highest BCUT2D eigenvalue weighted by Crippen LogP contribution is 2.34. The van der Waals surface area contributed by atoms with Crippen LogP contribution in [0, 0.1) is 11.6 Å². The fourth-order valence-corrected chi connectivity index (χ4v) is 4.72. The van der Waals surface area contributed by atoms with Gasteiger partial charge in [0.1, 0.15) is 11.6 Å². The van der Waals surface area contributed by atoms with Gasteiger partial charge in [0, 0.05) is 23.2 Å². The summed E-state index contributed by atoms with van der Waals surface area (Å²) in [5.41, 5.74) is 1.87. The number of benzene rings is 2. The molecule has 0 aromatic heterocycles. The number of carbonyl (C=O) groups excluding carboxylic acids is 1. The van der Waals surface area contributed by atoms with E-state index in [4.69, 9.17) is 0 Å². The maximum absolute atomic E-state index is 13.9. The quantitative estimate of drug-likeness (QED) is 0.866. The minimum atomic E-state index is -3.40. The van der Waals surface area contributed by atoms with Crippen molar-refractivity contribution >= 4 is 21.6 Å². The van der Waals surface area contributed by atoms with Crippen LogP contribution in [-0.4, -0.2) is 26.6 Å².